The van der Waals surface area contributed by atoms with Crippen LogP contribution in [0.25, 0.3) is 0 Å². The van der Waals surface area contributed by atoms with Gasteiger partial charge in [-0.2, -0.15) is 15.0 Å². The van der Waals surface area contributed by atoms with Gasteiger partial charge in [-0.15, -0.1) is 0 Å². The van der Waals surface area contributed by atoms with Crippen LogP contribution in [-0.2, 0) is 0 Å². The lowest BCUT2D eigenvalue weighted by Gasteiger charge is -2.26. The third kappa shape index (κ3) is 3.93. The second-order valence-electron chi connectivity index (χ2n) is 5.30. The second kappa shape index (κ2) is 6.37. The molecular formula is C13H21ClN4O. The summed E-state index contributed by atoms with van der Waals surface area (Å²) in [5.74, 6) is 1.03. The van der Waals surface area contributed by atoms with E-state index in [1.165, 1.54) is 19.3 Å². The third-order valence-corrected chi connectivity index (χ3v) is 3.61. The number of hydrogen-bond acceptors (Lipinski definition) is 5. The summed E-state index contributed by atoms with van der Waals surface area (Å²) in [6.45, 7) is 8.14. The zero-order valence-corrected chi connectivity index (χ0v) is 12.5. The van der Waals surface area contributed by atoms with Crippen LogP contribution in [-0.4, -0.2) is 34.1 Å². The van der Waals surface area contributed by atoms with E-state index in [1.54, 1.807) is 0 Å². The number of aromatic nitrogens is 3. The van der Waals surface area contributed by atoms with E-state index in [0.717, 1.165) is 13.1 Å². The van der Waals surface area contributed by atoms with Gasteiger partial charge in [-0.1, -0.05) is 13.8 Å². The van der Waals surface area contributed by atoms with E-state index >= 15 is 0 Å². The first kappa shape index (κ1) is 14.3. The molecule has 1 aliphatic rings. The summed E-state index contributed by atoms with van der Waals surface area (Å²) in [4.78, 5) is 14.8. The predicted molar refractivity (Wildman–Crippen MR) is 75.8 cm³/mol. The van der Waals surface area contributed by atoms with Crippen LogP contribution in [0.1, 0.15) is 40.0 Å². The number of ether oxygens (including phenoxy) is 1. The molecule has 2 rings (SSSR count). The Morgan fingerprint density at radius 1 is 1.05 bits per heavy atom. The van der Waals surface area contributed by atoms with E-state index < -0.39 is 0 Å². The molecule has 1 aliphatic heterocycles. The highest BCUT2D eigenvalue weighted by Crippen LogP contribution is 2.20. The SMILES string of the molecule is CC(C)C(C)Oc1nc(Cl)nc(N2CCCCC2)n1. The van der Waals surface area contributed by atoms with Gasteiger partial charge in [-0.3, -0.25) is 0 Å². The van der Waals surface area contributed by atoms with Gasteiger partial charge in [0, 0.05) is 13.1 Å². The zero-order chi connectivity index (χ0) is 13.8. The van der Waals surface area contributed by atoms with Crippen LogP contribution in [0.2, 0.25) is 5.28 Å². The maximum absolute atomic E-state index is 5.96. The maximum atomic E-state index is 5.96. The van der Waals surface area contributed by atoms with Gasteiger partial charge in [0.25, 0.3) is 0 Å². The predicted octanol–water partition coefficient (Wildman–Crippen LogP) is 2.94. The van der Waals surface area contributed by atoms with Crippen molar-refractivity contribution >= 4 is 17.5 Å². The van der Waals surface area contributed by atoms with E-state index in [9.17, 15) is 0 Å². The van der Waals surface area contributed by atoms with Gasteiger partial charge >= 0.3 is 6.01 Å². The number of anilines is 1. The first-order valence-corrected chi connectivity index (χ1v) is 7.27. The van der Waals surface area contributed by atoms with Crippen LogP contribution in [0.5, 0.6) is 6.01 Å². The maximum Gasteiger partial charge on any atom is 0.322 e. The minimum atomic E-state index is 0.0488. The molecular weight excluding hydrogens is 264 g/mol. The third-order valence-electron chi connectivity index (χ3n) is 3.44. The van der Waals surface area contributed by atoms with Gasteiger partial charge in [0.15, 0.2) is 0 Å². The van der Waals surface area contributed by atoms with Crippen molar-refractivity contribution in [1.29, 1.82) is 0 Å². The molecule has 0 aromatic carbocycles. The number of piperidine rings is 1. The molecule has 0 saturated carbocycles. The monoisotopic (exact) mass is 284 g/mol. The minimum Gasteiger partial charge on any atom is -0.460 e. The molecule has 1 saturated heterocycles. The highest BCUT2D eigenvalue weighted by Gasteiger charge is 2.18. The molecule has 0 amide bonds. The second-order valence-corrected chi connectivity index (χ2v) is 5.64. The lowest BCUT2D eigenvalue weighted by molar-refractivity contribution is 0.155. The fourth-order valence-electron chi connectivity index (χ4n) is 1.91. The molecule has 0 N–H and O–H groups in total. The molecule has 1 atom stereocenters. The Labute approximate surface area is 119 Å². The molecule has 1 fully saturated rings. The Morgan fingerprint density at radius 3 is 2.37 bits per heavy atom. The zero-order valence-electron chi connectivity index (χ0n) is 11.8. The van der Waals surface area contributed by atoms with E-state index in [0.29, 0.717) is 17.9 Å². The Hall–Kier alpha value is -1.10. The fourth-order valence-corrected chi connectivity index (χ4v) is 2.06. The first-order chi connectivity index (χ1) is 9.06. The normalized spacial score (nSPS) is 17.6. The van der Waals surface area contributed by atoms with Gasteiger partial charge in [0.1, 0.15) is 6.10 Å². The lowest BCUT2D eigenvalue weighted by atomic mass is 10.1. The molecule has 1 aromatic heterocycles. The van der Waals surface area contributed by atoms with Crippen LogP contribution in [0.3, 0.4) is 0 Å². The number of hydrogen-bond donors (Lipinski definition) is 0. The van der Waals surface area contributed by atoms with Gasteiger partial charge in [-0.25, -0.2) is 0 Å². The number of rotatable bonds is 4. The highest BCUT2D eigenvalue weighted by atomic mass is 35.5. The number of halogens is 1. The van der Waals surface area contributed by atoms with Crippen molar-refractivity contribution in [3.05, 3.63) is 5.28 Å². The van der Waals surface area contributed by atoms with Crippen molar-refractivity contribution in [1.82, 2.24) is 15.0 Å². The molecule has 1 unspecified atom stereocenters. The van der Waals surface area contributed by atoms with Crippen molar-refractivity contribution in [2.24, 2.45) is 5.92 Å². The minimum absolute atomic E-state index is 0.0488. The summed E-state index contributed by atoms with van der Waals surface area (Å²) in [5.41, 5.74) is 0. The Morgan fingerprint density at radius 2 is 1.74 bits per heavy atom. The van der Waals surface area contributed by atoms with Gasteiger partial charge in [0.2, 0.25) is 11.2 Å². The average Bonchev–Trinajstić information content (AvgIpc) is 2.39. The summed E-state index contributed by atoms with van der Waals surface area (Å²) < 4.78 is 5.71. The largest absolute Gasteiger partial charge is 0.460 e. The highest BCUT2D eigenvalue weighted by molar-refractivity contribution is 6.28. The fraction of sp³-hybridized carbons (Fsp3) is 0.769. The van der Waals surface area contributed by atoms with Crippen molar-refractivity contribution < 1.29 is 4.74 Å². The van der Waals surface area contributed by atoms with E-state index in [1.807, 2.05) is 6.92 Å². The topological polar surface area (TPSA) is 51.1 Å². The van der Waals surface area contributed by atoms with Crippen molar-refractivity contribution in [2.45, 2.75) is 46.1 Å². The summed E-state index contributed by atoms with van der Waals surface area (Å²) >= 11 is 5.96. The van der Waals surface area contributed by atoms with Crippen LogP contribution >= 0.6 is 11.6 Å². The van der Waals surface area contributed by atoms with Crippen LogP contribution in [0.15, 0.2) is 0 Å². The molecule has 0 bridgehead atoms. The molecule has 1 aromatic rings. The van der Waals surface area contributed by atoms with E-state index in [-0.39, 0.29) is 11.4 Å². The van der Waals surface area contributed by atoms with Crippen LogP contribution in [0.4, 0.5) is 5.95 Å². The van der Waals surface area contributed by atoms with Crippen molar-refractivity contribution in [3.63, 3.8) is 0 Å². The summed E-state index contributed by atoms with van der Waals surface area (Å²) in [5, 5.41) is 0.196. The molecule has 19 heavy (non-hydrogen) atoms. The summed E-state index contributed by atoms with van der Waals surface area (Å²) in [7, 11) is 0. The Bertz CT molecular complexity index is 421. The van der Waals surface area contributed by atoms with Crippen LogP contribution < -0.4 is 9.64 Å². The Balaban J connectivity index is 2.14. The van der Waals surface area contributed by atoms with Crippen molar-refractivity contribution in [2.75, 3.05) is 18.0 Å². The molecule has 5 nitrogen and oxygen atoms in total. The summed E-state index contributed by atoms with van der Waals surface area (Å²) in [6, 6.07) is 0.321. The molecule has 6 heteroatoms. The smallest absolute Gasteiger partial charge is 0.322 e. The van der Waals surface area contributed by atoms with Crippen LogP contribution in [0, 0.1) is 5.92 Å². The van der Waals surface area contributed by atoms with E-state index in [4.69, 9.17) is 16.3 Å². The van der Waals surface area contributed by atoms with Gasteiger partial charge in [0.05, 0.1) is 0 Å². The van der Waals surface area contributed by atoms with Gasteiger partial charge < -0.3 is 9.64 Å². The quantitative estimate of drug-likeness (QED) is 0.851. The number of nitrogens with zero attached hydrogens (tertiary/aromatic N) is 4. The molecule has 0 aliphatic carbocycles. The lowest BCUT2D eigenvalue weighted by Crippen LogP contribution is -2.31. The first-order valence-electron chi connectivity index (χ1n) is 6.89. The summed E-state index contributed by atoms with van der Waals surface area (Å²) in [6.07, 6.45) is 3.65. The molecule has 2 heterocycles. The van der Waals surface area contributed by atoms with Crippen molar-refractivity contribution in [3.8, 4) is 6.01 Å². The molecule has 0 spiro atoms. The van der Waals surface area contributed by atoms with Gasteiger partial charge in [-0.05, 0) is 43.7 Å². The molecule has 106 valence electrons. The van der Waals surface area contributed by atoms with E-state index in [2.05, 4.69) is 33.7 Å². The Kier molecular flexibility index (Phi) is 4.80. The average molecular weight is 285 g/mol. The molecule has 0 radical (unpaired) electrons. The standard InChI is InChI=1S/C13H21ClN4O/c1-9(2)10(3)19-13-16-11(14)15-12(17-13)18-7-5-4-6-8-18/h9-10H,4-8H2,1-3H3.